The molecule has 1 rings (SSSR count). The number of nitro groups is 1. The van der Waals surface area contributed by atoms with Crippen LogP contribution in [0.4, 0.5) is 5.69 Å². The van der Waals surface area contributed by atoms with Gasteiger partial charge in [-0.2, -0.15) is 0 Å². The summed E-state index contributed by atoms with van der Waals surface area (Å²) in [5, 5.41) is 19.8. The van der Waals surface area contributed by atoms with E-state index in [1.54, 1.807) is 6.07 Å². The number of benzene rings is 1. The molecule has 0 saturated carbocycles. The van der Waals surface area contributed by atoms with E-state index in [0.29, 0.717) is 12.2 Å². The summed E-state index contributed by atoms with van der Waals surface area (Å²) >= 11 is 0. The van der Waals surface area contributed by atoms with E-state index in [2.05, 4.69) is 6.92 Å². The van der Waals surface area contributed by atoms with Crippen molar-refractivity contribution < 1.29 is 19.6 Å². The van der Waals surface area contributed by atoms with Crippen LogP contribution in [-0.4, -0.2) is 22.6 Å². The molecular weight excluding hydrogens is 346 g/mol. The third kappa shape index (κ3) is 10.4. The van der Waals surface area contributed by atoms with Crippen molar-refractivity contribution in [2.75, 3.05) is 6.61 Å². The van der Waals surface area contributed by atoms with Crippen LogP contribution in [0.2, 0.25) is 0 Å². The van der Waals surface area contributed by atoms with Crippen LogP contribution in [0.25, 0.3) is 6.08 Å². The molecule has 0 aliphatic rings. The van der Waals surface area contributed by atoms with Gasteiger partial charge in [-0.3, -0.25) is 10.1 Å². The van der Waals surface area contributed by atoms with Gasteiger partial charge in [-0.1, -0.05) is 70.8 Å². The molecule has 0 fully saturated rings. The van der Waals surface area contributed by atoms with Gasteiger partial charge in [0.2, 0.25) is 0 Å². The van der Waals surface area contributed by atoms with Crippen molar-refractivity contribution in [1.29, 1.82) is 0 Å². The van der Waals surface area contributed by atoms with Crippen LogP contribution < -0.4 is 4.74 Å². The number of carbonyl (C=O) groups is 1. The Kier molecular flexibility index (Phi) is 11.6. The Balaban J connectivity index is 2.29. The molecule has 0 heterocycles. The summed E-state index contributed by atoms with van der Waals surface area (Å²) in [6.07, 6.45) is 14.5. The molecule has 6 nitrogen and oxygen atoms in total. The standard InChI is InChI=1S/C21H31NO5/c1-2-3-4-5-6-7-8-9-10-11-16-27-20-14-12-18(13-15-21(23)24)17-19(20)22(25)26/h12-15,17H,2-11,16H2,1H3,(H,23,24). The van der Waals surface area contributed by atoms with Crippen molar-refractivity contribution in [3.63, 3.8) is 0 Å². The Morgan fingerprint density at radius 1 is 1.07 bits per heavy atom. The minimum Gasteiger partial charge on any atom is -0.487 e. The lowest BCUT2D eigenvalue weighted by molar-refractivity contribution is -0.385. The predicted octanol–water partition coefficient (Wildman–Crippen LogP) is 5.99. The van der Waals surface area contributed by atoms with E-state index in [9.17, 15) is 14.9 Å². The Morgan fingerprint density at radius 2 is 1.67 bits per heavy atom. The Morgan fingerprint density at radius 3 is 2.22 bits per heavy atom. The van der Waals surface area contributed by atoms with Crippen LogP contribution >= 0.6 is 0 Å². The Hall–Kier alpha value is -2.37. The molecule has 0 atom stereocenters. The van der Waals surface area contributed by atoms with E-state index in [4.69, 9.17) is 9.84 Å². The number of aliphatic carboxylic acids is 1. The molecule has 0 aromatic heterocycles. The number of unbranched alkanes of at least 4 members (excludes halogenated alkanes) is 9. The highest BCUT2D eigenvalue weighted by molar-refractivity contribution is 5.85. The molecule has 0 amide bonds. The second kappa shape index (κ2) is 13.8. The second-order valence-electron chi connectivity index (χ2n) is 6.69. The van der Waals surface area contributed by atoms with Gasteiger partial charge in [0.05, 0.1) is 11.5 Å². The van der Waals surface area contributed by atoms with E-state index in [1.165, 1.54) is 63.2 Å². The van der Waals surface area contributed by atoms with Crippen LogP contribution in [0.15, 0.2) is 24.3 Å². The Labute approximate surface area is 161 Å². The number of hydrogen-bond acceptors (Lipinski definition) is 4. The maximum absolute atomic E-state index is 11.2. The number of nitro benzene ring substituents is 1. The minimum atomic E-state index is -1.10. The Bertz CT molecular complexity index is 613. The summed E-state index contributed by atoms with van der Waals surface area (Å²) < 4.78 is 5.57. The molecule has 1 aromatic carbocycles. The smallest absolute Gasteiger partial charge is 0.328 e. The molecule has 0 aliphatic heterocycles. The second-order valence-corrected chi connectivity index (χ2v) is 6.69. The lowest BCUT2D eigenvalue weighted by Gasteiger charge is -2.07. The number of nitrogens with zero attached hydrogens (tertiary/aromatic N) is 1. The summed E-state index contributed by atoms with van der Waals surface area (Å²) in [6.45, 7) is 2.67. The van der Waals surface area contributed by atoms with Gasteiger partial charge >= 0.3 is 11.7 Å². The molecule has 27 heavy (non-hydrogen) atoms. The van der Waals surface area contributed by atoms with Crippen LogP contribution in [0, 0.1) is 10.1 Å². The molecule has 0 radical (unpaired) electrons. The maximum atomic E-state index is 11.2. The molecule has 0 bridgehead atoms. The lowest BCUT2D eigenvalue weighted by Crippen LogP contribution is -2.01. The number of rotatable bonds is 15. The number of carboxylic acids is 1. The third-order valence-electron chi connectivity index (χ3n) is 4.35. The SMILES string of the molecule is CCCCCCCCCCCCOc1ccc(C=CC(=O)O)cc1[N+](=O)[O-]. The lowest BCUT2D eigenvalue weighted by atomic mass is 10.1. The monoisotopic (exact) mass is 377 g/mol. The van der Waals surface area contributed by atoms with E-state index in [-0.39, 0.29) is 11.4 Å². The van der Waals surface area contributed by atoms with Crippen molar-refractivity contribution in [2.24, 2.45) is 0 Å². The van der Waals surface area contributed by atoms with E-state index in [0.717, 1.165) is 25.3 Å². The molecule has 1 aromatic rings. The zero-order chi connectivity index (χ0) is 19.9. The first-order valence-corrected chi connectivity index (χ1v) is 9.87. The van der Waals surface area contributed by atoms with Crippen LogP contribution in [0.1, 0.15) is 76.7 Å². The first-order valence-electron chi connectivity index (χ1n) is 9.87. The van der Waals surface area contributed by atoms with Gasteiger partial charge in [0, 0.05) is 12.1 Å². The molecule has 0 spiro atoms. The summed E-state index contributed by atoms with van der Waals surface area (Å²) in [4.78, 5) is 21.2. The first-order chi connectivity index (χ1) is 13.0. The van der Waals surface area contributed by atoms with Crippen LogP contribution in [0.3, 0.4) is 0 Å². The fourth-order valence-electron chi connectivity index (χ4n) is 2.84. The van der Waals surface area contributed by atoms with Gasteiger partial charge in [0.1, 0.15) is 0 Å². The summed E-state index contributed by atoms with van der Waals surface area (Å²) in [5.74, 6) is -0.873. The van der Waals surface area contributed by atoms with Crippen LogP contribution in [-0.2, 0) is 4.79 Å². The molecule has 0 saturated heterocycles. The van der Waals surface area contributed by atoms with E-state index in [1.807, 2.05) is 0 Å². The largest absolute Gasteiger partial charge is 0.487 e. The van der Waals surface area contributed by atoms with Gasteiger partial charge in [-0.05, 0) is 24.1 Å². The molecule has 1 N–H and O–H groups in total. The van der Waals surface area contributed by atoms with Gasteiger partial charge in [0.25, 0.3) is 0 Å². The molecule has 150 valence electrons. The molecule has 6 heteroatoms. The van der Waals surface area contributed by atoms with Gasteiger partial charge in [-0.15, -0.1) is 0 Å². The fraction of sp³-hybridized carbons (Fsp3) is 0.571. The van der Waals surface area contributed by atoms with Crippen molar-refractivity contribution in [2.45, 2.75) is 71.1 Å². The zero-order valence-electron chi connectivity index (χ0n) is 16.2. The van der Waals surface area contributed by atoms with Gasteiger partial charge in [0.15, 0.2) is 5.75 Å². The van der Waals surface area contributed by atoms with Crippen LogP contribution in [0.5, 0.6) is 5.75 Å². The van der Waals surface area contributed by atoms with E-state index < -0.39 is 10.9 Å². The summed E-state index contributed by atoms with van der Waals surface area (Å²) in [7, 11) is 0. The molecule has 0 aliphatic carbocycles. The van der Waals surface area contributed by atoms with Gasteiger partial charge < -0.3 is 9.84 Å². The number of hydrogen-bond donors (Lipinski definition) is 1. The quantitative estimate of drug-likeness (QED) is 0.175. The van der Waals surface area contributed by atoms with E-state index >= 15 is 0 Å². The average Bonchev–Trinajstić information content (AvgIpc) is 2.64. The van der Waals surface area contributed by atoms with Crippen molar-refractivity contribution in [3.8, 4) is 5.75 Å². The molecular formula is C21H31NO5. The van der Waals surface area contributed by atoms with Gasteiger partial charge in [-0.25, -0.2) is 4.79 Å². The predicted molar refractivity (Wildman–Crippen MR) is 107 cm³/mol. The van der Waals surface area contributed by atoms with Crippen molar-refractivity contribution in [1.82, 2.24) is 0 Å². The average molecular weight is 377 g/mol. The highest BCUT2D eigenvalue weighted by Crippen LogP contribution is 2.28. The first kappa shape index (κ1) is 22.7. The summed E-state index contributed by atoms with van der Waals surface area (Å²) in [6, 6.07) is 4.46. The summed E-state index contributed by atoms with van der Waals surface area (Å²) in [5.41, 5.74) is 0.310. The molecule has 0 unspecified atom stereocenters. The normalized spacial score (nSPS) is 11.0. The number of carboxylic acid groups (broad SMARTS) is 1. The minimum absolute atomic E-state index is 0.144. The van der Waals surface area contributed by atoms with Crippen molar-refractivity contribution >= 4 is 17.7 Å². The fourth-order valence-corrected chi connectivity index (χ4v) is 2.84. The number of ether oxygens (including phenoxy) is 1. The topological polar surface area (TPSA) is 89.7 Å². The van der Waals surface area contributed by atoms with Crippen molar-refractivity contribution in [3.05, 3.63) is 40.0 Å². The maximum Gasteiger partial charge on any atom is 0.328 e. The highest BCUT2D eigenvalue weighted by Gasteiger charge is 2.15. The zero-order valence-corrected chi connectivity index (χ0v) is 16.2. The highest BCUT2D eigenvalue weighted by atomic mass is 16.6. The third-order valence-corrected chi connectivity index (χ3v) is 4.35.